The summed E-state index contributed by atoms with van der Waals surface area (Å²) in [5.74, 6) is 0.169. The molecule has 0 heterocycles. The highest BCUT2D eigenvalue weighted by molar-refractivity contribution is 9.10. The standard InChI is InChI=1S/C11H16BrNO.ClH/c1-8-10(3-2-4-11(8)12)5-9(6-13)7-14;/h2-4,9,14H,5-7,13H2,1H3;1H. The molecule has 0 saturated carbocycles. The van der Waals surface area contributed by atoms with Crippen molar-refractivity contribution in [2.45, 2.75) is 13.3 Å². The van der Waals surface area contributed by atoms with Crippen LogP contribution in [0.5, 0.6) is 0 Å². The van der Waals surface area contributed by atoms with Crippen LogP contribution in [0, 0.1) is 12.8 Å². The Bertz CT molecular complexity index is 303. The summed E-state index contributed by atoms with van der Waals surface area (Å²) in [6.45, 7) is 2.76. The molecule has 2 nitrogen and oxygen atoms in total. The summed E-state index contributed by atoms with van der Waals surface area (Å²) >= 11 is 3.49. The molecule has 1 atom stereocenters. The molecule has 0 spiro atoms. The summed E-state index contributed by atoms with van der Waals surface area (Å²) < 4.78 is 1.11. The Balaban J connectivity index is 0.00000196. The quantitative estimate of drug-likeness (QED) is 0.895. The lowest BCUT2D eigenvalue weighted by molar-refractivity contribution is 0.229. The van der Waals surface area contributed by atoms with E-state index < -0.39 is 0 Å². The summed E-state index contributed by atoms with van der Waals surface area (Å²) in [5, 5.41) is 9.06. The van der Waals surface area contributed by atoms with E-state index >= 15 is 0 Å². The van der Waals surface area contributed by atoms with Crippen LogP contribution in [0.1, 0.15) is 11.1 Å². The molecule has 3 N–H and O–H groups in total. The molecule has 1 aromatic carbocycles. The first-order valence-corrected chi connectivity index (χ1v) is 5.53. The maximum absolute atomic E-state index is 9.06. The van der Waals surface area contributed by atoms with E-state index in [9.17, 15) is 0 Å². The first-order chi connectivity index (χ1) is 6.69. The predicted octanol–water partition coefficient (Wildman–Crippen LogP) is 2.29. The van der Waals surface area contributed by atoms with Crippen LogP contribution in [0.3, 0.4) is 0 Å². The van der Waals surface area contributed by atoms with Crippen molar-refractivity contribution in [2.75, 3.05) is 13.2 Å². The molecule has 0 aromatic heterocycles. The molecule has 0 aliphatic rings. The Morgan fingerprint density at radius 1 is 1.47 bits per heavy atom. The van der Waals surface area contributed by atoms with Crippen molar-refractivity contribution in [3.05, 3.63) is 33.8 Å². The summed E-state index contributed by atoms with van der Waals surface area (Å²) in [7, 11) is 0. The van der Waals surface area contributed by atoms with E-state index in [2.05, 4.69) is 28.9 Å². The third kappa shape index (κ3) is 4.11. The average Bonchev–Trinajstić information content (AvgIpc) is 2.20. The van der Waals surface area contributed by atoms with Crippen LogP contribution >= 0.6 is 28.3 Å². The van der Waals surface area contributed by atoms with E-state index in [1.807, 2.05) is 12.1 Å². The van der Waals surface area contributed by atoms with Crippen LogP contribution in [-0.2, 0) is 6.42 Å². The Morgan fingerprint density at radius 2 is 2.13 bits per heavy atom. The van der Waals surface area contributed by atoms with Gasteiger partial charge >= 0.3 is 0 Å². The van der Waals surface area contributed by atoms with Gasteiger partial charge in [0.2, 0.25) is 0 Å². The zero-order valence-electron chi connectivity index (χ0n) is 8.74. The second-order valence-corrected chi connectivity index (χ2v) is 4.37. The molecule has 0 aliphatic carbocycles. The van der Waals surface area contributed by atoms with Gasteiger partial charge in [0.05, 0.1) is 0 Å². The number of aliphatic hydroxyl groups is 1. The van der Waals surface area contributed by atoms with Crippen molar-refractivity contribution in [3.63, 3.8) is 0 Å². The predicted molar refractivity (Wildman–Crippen MR) is 69.5 cm³/mol. The van der Waals surface area contributed by atoms with Gasteiger partial charge in [0, 0.05) is 11.1 Å². The fourth-order valence-electron chi connectivity index (χ4n) is 1.41. The summed E-state index contributed by atoms with van der Waals surface area (Å²) in [6.07, 6.45) is 0.846. The molecule has 0 amide bonds. The molecule has 0 aliphatic heterocycles. The first kappa shape index (κ1) is 14.9. The van der Waals surface area contributed by atoms with Crippen molar-refractivity contribution in [1.29, 1.82) is 0 Å². The highest BCUT2D eigenvalue weighted by atomic mass is 79.9. The second-order valence-electron chi connectivity index (χ2n) is 3.51. The lowest BCUT2D eigenvalue weighted by atomic mass is 9.97. The van der Waals surface area contributed by atoms with Crippen molar-refractivity contribution in [3.8, 4) is 0 Å². The zero-order chi connectivity index (χ0) is 10.6. The molecule has 0 radical (unpaired) electrons. The summed E-state index contributed by atoms with van der Waals surface area (Å²) in [6, 6.07) is 6.12. The topological polar surface area (TPSA) is 46.2 Å². The maximum atomic E-state index is 9.06. The molecule has 4 heteroatoms. The molecule has 86 valence electrons. The van der Waals surface area contributed by atoms with Gasteiger partial charge in [-0.1, -0.05) is 28.1 Å². The maximum Gasteiger partial charge on any atom is 0.0474 e. The van der Waals surface area contributed by atoms with Crippen molar-refractivity contribution in [2.24, 2.45) is 11.7 Å². The van der Waals surface area contributed by atoms with Gasteiger partial charge in [-0.15, -0.1) is 12.4 Å². The van der Waals surface area contributed by atoms with Gasteiger partial charge in [-0.25, -0.2) is 0 Å². The van der Waals surface area contributed by atoms with Crippen LogP contribution in [0.4, 0.5) is 0 Å². The molecule has 0 fully saturated rings. The van der Waals surface area contributed by atoms with Crippen molar-refractivity contribution in [1.82, 2.24) is 0 Å². The number of hydrogen-bond donors (Lipinski definition) is 2. The average molecular weight is 295 g/mol. The Hall–Kier alpha value is -0.0900. The molecule has 0 bridgehead atoms. The lowest BCUT2D eigenvalue weighted by Gasteiger charge is -2.13. The fraction of sp³-hybridized carbons (Fsp3) is 0.455. The number of benzene rings is 1. The largest absolute Gasteiger partial charge is 0.396 e. The number of rotatable bonds is 4. The smallest absolute Gasteiger partial charge is 0.0474 e. The normalized spacial score (nSPS) is 12.0. The minimum Gasteiger partial charge on any atom is -0.396 e. The molecular weight excluding hydrogens is 277 g/mol. The third-order valence-electron chi connectivity index (χ3n) is 2.48. The number of hydrogen-bond acceptors (Lipinski definition) is 2. The lowest BCUT2D eigenvalue weighted by Crippen LogP contribution is -2.20. The van der Waals surface area contributed by atoms with Crippen LogP contribution in [-0.4, -0.2) is 18.3 Å². The van der Waals surface area contributed by atoms with E-state index in [4.69, 9.17) is 10.8 Å². The highest BCUT2D eigenvalue weighted by Gasteiger charge is 2.09. The zero-order valence-corrected chi connectivity index (χ0v) is 11.1. The van der Waals surface area contributed by atoms with Gasteiger partial charge in [0.15, 0.2) is 0 Å². The molecule has 0 saturated heterocycles. The van der Waals surface area contributed by atoms with Crippen LogP contribution in [0.2, 0.25) is 0 Å². The SMILES string of the molecule is Cc1c(Br)cccc1CC(CN)CO.Cl. The number of nitrogens with two attached hydrogens (primary N) is 1. The second kappa shape index (κ2) is 7.23. The van der Waals surface area contributed by atoms with Gasteiger partial charge in [-0.05, 0) is 43.0 Å². The highest BCUT2D eigenvalue weighted by Crippen LogP contribution is 2.21. The summed E-state index contributed by atoms with van der Waals surface area (Å²) in [4.78, 5) is 0. The Labute approximate surface area is 105 Å². The van der Waals surface area contributed by atoms with Gasteiger partial charge in [0.25, 0.3) is 0 Å². The fourth-order valence-corrected chi connectivity index (χ4v) is 1.81. The molecule has 1 unspecified atom stereocenters. The minimum absolute atomic E-state index is 0. The van der Waals surface area contributed by atoms with E-state index in [-0.39, 0.29) is 24.9 Å². The van der Waals surface area contributed by atoms with E-state index in [0.717, 1.165) is 10.9 Å². The number of aliphatic hydroxyl groups excluding tert-OH is 1. The van der Waals surface area contributed by atoms with Crippen molar-refractivity contribution >= 4 is 28.3 Å². The van der Waals surface area contributed by atoms with E-state index in [1.54, 1.807) is 0 Å². The van der Waals surface area contributed by atoms with Gasteiger partial charge in [-0.2, -0.15) is 0 Å². The first-order valence-electron chi connectivity index (χ1n) is 4.74. The Kier molecular flexibility index (Phi) is 7.18. The molecular formula is C11H17BrClNO. The van der Waals surface area contributed by atoms with Crippen molar-refractivity contribution < 1.29 is 5.11 Å². The number of halogens is 2. The summed E-state index contributed by atoms with van der Waals surface area (Å²) in [5.41, 5.74) is 8.04. The van der Waals surface area contributed by atoms with Crippen LogP contribution < -0.4 is 5.73 Å². The third-order valence-corrected chi connectivity index (χ3v) is 3.34. The van der Waals surface area contributed by atoms with Gasteiger partial charge in [-0.3, -0.25) is 0 Å². The Morgan fingerprint density at radius 3 is 2.67 bits per heavy atom. The monoisotopic (exact) mass is 293 g/mol. The van der Waals surface area contributed by atoms with Gasteiger partial charge < -0.3 is 10.8 Å². The molecule has 1 rings (SSSR count). The van der Waals surface area contributed by atoms with E-state index in [0.29, 0.717) is 6.54 Å². The minimum atomic E-state index is 0. The van der Waals surface area contributed by atoms with Crippen LogP contribution in [0.15, 0.2) is 22.7 Å². The molecule has 15 heavy (non-hydrogen) atoms. The van der Waals surface area contributed by atoms with Gasteiger partial charge in [0.1, 0.15) is 0 Å². The van der Waals surface area contributed by atoms with E-state index in [1.165, 1.54) is 11.1 Å². The molecule has 1 aromatic rings. The van der Waals surface area contributed by atoms with Crippen LogP contribution in [0.25, 0.3) is 0 Å².